The summed E-state index contributed by atoms with van der Waals surface area (Å²) in [5.74, 6) is -0.378. The topological polar surface area (TPSA) is 214 Å². The van der Waals surface area contributed by atoms with Crippen molar-refractivity contribution in [2.45, 2.75) is 287 Å². The summed E-state index contributed by atoms with van der Waals surface area (Å²) in [5.41, 5.74) is 0. The highest BCUT2D eigenvalue weighted by atomic mass is 16.7. The van der Waals surface area contributed by atoms with Gasteiger partial charge in [0.15, 0.2) is 12.6 Å². The molecule has 2 saturated heterocycles. The van der Waals surface area contributed by atoms with Crippen LogP contribution in [0, 0.1) is 0 Å². The average Bonchev–Trinajstić information content (AvgIpc) is 3.39. The third-order valence-corrected chi connectivity index (χ3v) is 13.9. The third-order valence-electron chi connectivity index (χ3n) is 13.9. The molecule has 2 rings (SSSR count). The molecule has 0 amide bonds. The fourth-order valence-corrected chi connectivity index (χ4v) is 9.16. The molecule has 0 aromatic heterocycles. The van der Waals surface area contributed by atoms with Crippen molar-refractivity contribution in [1.82, 2.24) is 0 Å². The molecule has 0 aliphatic carbocycles. The van der Waals surface area contributed by atoms with Crippen LogP contribution in [-0.2, 0) is 33.2 Å². The molecule has 0 aromatic carbocycles. The highest BCUT2D eigenvalue weighted by Gasteiger charge is 2.47. The molecule has 2 heterocycles. The molecule has 2 aliphatic heterocycles. The molecule has 14 heteroatoms. The van der Waals surface area contributed by atoms with Crippen LogP contribution in [0.2, 0.25) is 0 Å². The van der Waals surface area contributed by atoms with Gasteiger partial charge in [0.25, 0.3) is 0 Å². The van der Waals surface area contributed by atoms with Gasteiger partial charge in [0.05, 0.1) is 26.4 Å². The van der Waals surface area contributed by atoms with Gasteiger partial charge in [-0.15, -0.1) is 0 Å². The van der Waals surface area contributed by atoms with Crippen molar-refractivity contribution < 1.29 is 69.0 Å². The van der Waals surface area contributed by atoms with Crippen LogP contribution >= 0.6 is 0 Å². The number of carbonyl (C=O) groups is 1. The molecule has 73 heavy (non-hydrogen) atoms. The summed E-state index contributed by atoms with van der Waals surface area (Å²) in [5, 5.41) is 72.3. The fraction of sp³-hybridized carbons (Fsp3) is 0.847. The number of esters is 1. The molecule has 11 unspecified atom stereocenters. The van der Waals surface area contributed by atoms with E-state index in [2.05, 4.69) is 62.5 Å². The molecule has 0 bridgehead atoms. The minimum Gasteiger partial charge on any atom is -0.457 e. The number of unbranched alkanes of at least 4 members (excludes halogenated alkanes) is 25. The Kier molecular flexibility index (Phi) is 42.3. The van der Waals surface area contributed by atoms with Crippen LogP contribution in [-0.4, -0.2) is 142 Å². The summed E-state index contributed by atoms with van der Waals surface area (Å²) in [6, 6.07) is 0. The SMILES string of the molecule is CC/C=C\C/C=C\C/C=C\C/C=C\CCCCCCCCCCCCC(=O)OC(COCCCCCCCCCCCCCCCCCC)COC1OC(COC2OC(CO)C(O)C(O)C2O)C(O)C(O)C1O. The Morgan fingerprint density at radius 1 is 0.466 bits per heavy atom. The quantitative estimate of drug-likeness (QED) is 0.0172. The predicted octanol–water partition coefficient (Wildman–Crippen LogP) is 10.3. The van der Waals surface area contributed by atoms with E-state index in [9.17, 15) is 40.5 Å². The lowest BCUT2D eigenvalue weighted by Gasteiger charge is -2.42. The van der Waals surface area contributed by atoms with Gasteiger partial charge >= 0.3 is 5.97 Å². The Morgan fingerprint density at radius 3 is 1.40 bits per heavy atom. The molecule has 14 nitrogen and oxygen atoms in total. The summed E-state index contributed by atoms with van der Waals surface area (Å²) in [4.78, 5) is 13.1. The number of hydrogen-bond donors (Lipinski definition) is 7. The Morgan fingerprint density at radius 2 is 0.890 bits per heavy atom. The first-order chi connectivity index (χ1) is 35.6. The van der Waals surface area contributed by atoms with E-state index in [-0.39, 0.29) is 25.6 Å². The summed E-state index contributed by atoms with van der Waals surface area (Å²) >= 11 is 0. The van der Waals surface area contributed by atoms with Crippen LogP contribution < -0.4 is 0 Å². The summed E-state index contributed by atoms with van der Waals surface area (Å²) < 4.78 is 34.4. The molecular formula is C59H106O14. The lowest BCUT2D eigenvalue weighted by Crippen LogP contribution is -2.61. The van der Waals surface area contributed by atoms with Crippen molar-refractivity contribution in [3.8, 4) is 0 Å². The Balaban J connectivity index is 1.70. The van der Waals surface area contributed by atoms with Gasteiger partial charge in [0.1, 0.15) is 54.9 Å². The van der Waals surface area contributed by atoms with E-state index in [0.717, 1.165) is 70.6 Å². The molecular weight excluding hydrogens is 933 g/mol. The van der Waals surface area contributed by atoms with Crippen LogP contribution in [0.25, 0.3) is 0 Å². The first-order valence-corrected chi connectivity index (χ1v) is 29.2. The Bertz CT molecular complexity index is 1390. The maximum atomic E-state index is 13.1. The van der Waals surface area contributed by atoms with Gasteiger partial charge in [-0.25, -0.2) is 0 Å². The van der Waals surface area contributed by atoms with Gasteiger partial charge < -0.3 is 64.2 Å². The maximum absolute atomic E-state index is 13.1. The number of aliphatic hydroxyl groups is 7. The normalized spacial score (nSPS) is 25.3. The third kappa shape index (κ3) is 33.0. The van der Waals surface area contributed by atoms with Crippen LogP contribution in [0.3, 0.4) is 0 Å². The van der Waals surface area contributed by atoms with Gasteiger partial charge in [-0.3, -0.25) is 4.79 Å². The van der Waals surface area contributed by atoms with Crippen LogP contribution in [0.1, 0.15) is 219 Å². The molecule has 7 N–H and O–H groups in total. The summed E-state index contributed by atoms with van der Waals surface area (Å²) in [7, 11) is 0. The van der Waals surface area contributed by atoms with Crippen molar-refractivity contribution in [2.75, 3.05) is 33.0 Å². The van der Waals surface area contributed by atoms with Gasteiger partial charge in [0.2, 0.25) is 0 Å². The van der Waals surface area contributed by atoms with Crippen LogP contribution in [0.5, 0.6) is 0 Å². The molecule has 0 aromatic rings. The molecule has 0 saturated carbocycles. The van der Waals surface area contributed by atoms with E-state index in [4.69, 9.17) is 28.4 Å². The van der Waals surface area contributed by atoms with E-state index in [1.165, 1.54) is 122 Å². The molecule has 0 radical (unpaired) electrons. The van der Waals surface area contributed by atoms with E-state index in [1.807, 2.05) is 0 Å². The smallest absolute Gasteiger partial charge is 0.306 e. The van der Waals surface area contributed by atoms with Crippen molar-refractivity contribution in [3.63, 3.8) is 0 Å². The average molecular weight is 1040 g/mol. The molecule has 11 atom stereocenters. The maximum Gasteiger partial charge on any atom is 0.306 e. The summed E-state index contributed by atoms with van der Waals surface area (Å²) in [6.45, 7) is 3.60. The van der Waals surface area contributed by atoms with Gasteiger partial charge in [-0.05, 0) is 51.4 Å². The van der Waals surface area contributed by atoms with Gasteiger partial charge in [-0.2, -0.15) is 0 Å². The molecule has 2 aliphatic rings. The number of hydrogen-bond acceptors (Lipinski definition) is 14. The molecule has 0 spiro atoms. The van der Waals surface area contributed by atoms with Crippen molar-refractivity contribution >= 4 is 5.97 Å². The van der Waals surface area contributed by atoms with Gasteiger partial charge in [-0.1, -0.05) is 210 Å². The largest absolute Gasteiger partial charge is 0.457 e. The first-order valence-electron chi connectivity index (χ1n) is 29.2. The van der Waals surface area contributed by atoms with Crippen molar-refractivity contribution in [2.24, 2.45) is 0 Å². The van der Waals surface area contributed by atoms with E-state index < -0.39 is 80.7 Å². The zero-order valence-corrected chi connectivity index (χ0v) is 45.6. The zero-order chi connectivity index (χ0) is 53.0. The van der Waals surface area contributed by atoms with Crippen LogP contribution in [0.4, 0.5) is 0 Å². The monoisotopic (exact) mass is 1040 g/mol. The minimum absolute atomic E-state index is 0.0621. The standard InChI is InChI=1S/C59H106O14/c1-3-5-7-9-11-13-15-17-19-21-22-23-24-25-26-27-28-30-32-34-36-38-40-42-51(61)71-48(45-68-43-41-39-37-35-33-31-29-20-18-16-14-12-10-8-6-4-2)46-69-58-57(67)55(65)53(63)50(73-58)47-70-59-56(66)54(64)52(62)49(44-60)72-59/h5,7,11,13,17,19,22-23,48-50,52-60,62-67H,3-4,6,8-10,12,14-16,18,20-21,24-47H2,1-2H3/b7-5-,13-11-,19-17-,23-22-. The van der Waals surface area contributed by atoms with E-state index in [1.54, 1.807) is 0 Å². The highest BCUT2D eigenvalue weighted by molar-refractivity contribution is 5.69. The second-order valence-electron chi connectivity index (χ2n) is 20.4. The van der Waals surface area contributed by atoms with Crippen LogP contribution in [0.15, 0.2) is 48.6 Å². The summed E-state index contributed by atoms with van der Waals surface area (Å²) in [6.07, 6.45) is 38.8. The number of rotatable bonds is 47. The first kappa shape index (κ1) is 67.1. The number of carbonyl (C=O) groups excluding carboxylic acids is 1. The predicted molar refractivity (Wildman–Crippen MR) is 289 cm³/mol. The van der Waals surface area contributed by atoms with E-state index >= 15 is 0 Å². The Hall–Kier alpha value is -2.05. The molecule has 426 valence electrons. The number of aliphatic hydroxyl groups excluding tert-OH is 7. The molecule has 2 fully saturated rings. The minimum atomic E-state index is -1.71. The van der Waals surface area contributed by atoms with Gasteiger partial charge in [0, 0.05) is 13.0 Å². The lowest BCUT2D eigenvalue weighted by atomic mass is 9.98. The fourth-order valence-electron chi connectivity index (χ4n) is 9.16. The zero-order valence-electron chi connectivity index (χ0n) is 45.6. The Labute approximate surface area is 442 Å². The second kappa shape index (κ2) is 46.1. The number of ether oxygens (including phenoxy) is 6. The van der Waals surface area contributed by atoms with Crippen molar-refractivity contribution in [1.29, 1.82) is 0 Å². The van der Waals surface area contributed by atoms with E-state index in [0.29, 0.717) is 13.0 Å². The highest BCUT2D eigenvalue weighted by Crippen LogP contribution is 2.27. The second-order valence-corrected chi connectivity index (χ2v) is 20.4. The lowest BCUT2D eigenvalue weighted by molar-refractivity contribution is -0.332. The number of allylic oxidation sites excluding steroid dienone is 8. The van der Waals surface area contributed by atoms with Crippen molar-refractivity contribution in [3.05, 3.63) is 48.6 Å².